The highest BCUT2D eigenvalue weighted by molar-refractivity contribution is 7.93. The maximum atomic E-state index is 12.1. The van der Waals surface area contributed by atoms with Crippen molar-refractivity contribution in [1.29, 1.82) is 0 Å². The number of hydrogen-bond donors (Lipinski definition) is 1. The Labute approximate surface area is 126 Å². The minimum absolute atomic E-state index is 0.0385. The summed E-state index contributed by atoms with van der Waals surface area (Å²) >= 11 is 7.23. The van der Waals surface area contributed by atoms with Gasteiger partial charge in [0.25, 0.3) is 10.0 Å². The SMILES string of the molecule is CC(C)Oc1ccc(S(=O)(=O)Nc2nccs2)cc1Cl. The summed E-state index contributed by atoms with van der Waals surface area (Å²) in [6, 6.07) is 4.34. The van der Waals surface area contributed by atoms with Crippen molar-refractivity contribution in [3.63, 3.8) is 0 Å². The Hall–Kier alpha value is -1.31. The number of nitrogens with one attached hydrogen (secondary N) is 1. The van der Waals surface area contributed by atoms with E-state index in [1.54, 1.807) is 11.4 Å². The molecule has 1 aromatic heterocycles. The first-order chi connectivity index (χ1) is 9.38. The van der Waals surface area contributed by atoms with Crippen LogP contribution in [0.1, 0.15) is 13.8 Å². The highest BCUT2D eigenvalue weighted by Gasteiger charge is 2.17. The fourth-order valence-corrected chi connectivity index (χ4v) is 3.55. The highest BCUT2D eigenvalue weighted by atomic mass is 35.5. The maximum Gasteiger partial charge on any atom is 0.263 e. The van der Waals surface area contributed by atoms with E-state index in [0.717, 1.165) is 0 Å². The minimum Gasteiger partial charge on any atom is -0.489 e. The molecule has 0 bridgehead atoms. The van der Waals surface area contributed by atoms with Crippen LogP contribution < -0.4 is 9.46 Å². The molecule has 0 saturated carbocycles. The molecule has 0 fully saturated rings. The van der Waals surface area contributed by atoms with Crippen LogP contribution in [0.2, 0.25) is 5.02 Å². The lowest BCUT2D eigenvalue weighted by Gasteiger charge is -2.12. The van der Waals surface area contributed by atoms with Gasteiger partial charge in [-0.05, 0) is 32.0 Å². The topological polar surface area (TPSA) is 68.3 Å². The molecular weight excluding hydrogens is 320 g/mol. The van der Waals surface area contributed by atoms with Gasteiger partial charge in [0.05, 0.1) is 16.0 Å². The number of halogens is 1. The van der Waals surface area contributed by atoms with Crippen LogP contribution in [0.4, 0.5) is 5.13 Å². The summed E-state index contributed by atoms with van der Waals surface area (Å²) in [5.74, 6) is 0.454. The van der Waals surface area contributed by atoms with Gasteiger partial charge < -0.3 is 4.74 Å². The number of hydrogen-bond acceptors (Lipinski definition) is 5. The Morgan fingerprint density at radius 1 is 1.40 bits per heavy atom. The average molecular weight is 333 g/mol. The van der Waals surface area contributed by atoms with Crippen molar-refractivity contribution in [3.05, 3.63) is 34.8 Å². The third-order valence-electron chi connectivity index (χ3n) is 2.23. The Morgan fingerprint density at radius 3 is 2.70 bits per heavy atom. The van der Waals surface area contributed by atoms with E-state index < -0.39 is 10.0 Å². The summed E-state index contributed by atoms with van der Waals surface area (Å²) in [6.07, 6.45) is 1.48. The summed E-state index contributed by atoms with van der Waals surface area (Å²) in [7, 11) is -3.69. The number of benzene rings is 1. The zero-order chi connectivity index (χ0) is 14.8. The molecule has 0 amide bonds. The van der Waals surface area contributed by atoms with E-state index in [9.17, 15) is 8.42 Å². The number of rotatable bonds is 5. The first-order valence-corrected chi connectivity index (χ1v) is 8.51. The quantitative estimate of drug-likeness (QED) is 0.911. The lowest BCUT2D eigenvalue weighted by molar-refractivity contribution is 0.242. The zero-order valence-corrected chi connectivity index (χ0v) is 13.2. The Balaban J connectivity index is 2.26. The number of thiazole rings is 1. The predicted molar refractivity (Wildman–Crippen MR) is 80.1 cm³/mol. The van der Waals surface area contributed by atoms with Gasteiger partial charge in [-0.2, -0.15) is 0 Å². The Kier molecular flexibility index (Phi) is 4.52. The molecule has 0 aliphatic rings. The van der Waals surface area contributed by atoms with Crippen molar-refractivity contribution >= 4 is 38.1 Å². The second kappa shape index (κ2) is 5.99. The summed E-state index contributed by atoms with van der Waals surface area (Å²) in [5.41, 5.74) is 0. The molecule has 0 aliphatic carbocycles. The van der Waals surface area contributed by atoms with Crippen molar-refractivity contribution < 1.29 is 13.2 Å². The van der Waals surface area contributed by atoms with E-state index in [2.05, 4.69) is 9.71 Å². The molecule has 20 heavy (non-hydrogen) atoms. The maximum absolute atomic E-state index is 12.1. The van der Waals surface area contributed by atoms with Crippen LogP contribution in [0.25, 0.3) is 0 Å². The molecule has 0 unspecified atom stereocenters. The van der Waals surface area contributed by atoms with Gasteiger partial charge in [0.15, 0.2) is 5.13 Å². The molecular formula is C12H13ClN2O3S2. The zero-order valence-electron chi connectivity index (χ0n) is 10.8. The van der Waals surface area contributed by atoms with Crippen LogP contribution in [0, 0.1) is 0 Å². The van der Waals surface area contributed by atoms with Crippen molar-refractivity contribution in [2.24, 2.45) is 0 Å². The highest BCUT2D eigenvalue weighted by Crippen LogP contribution is 2.29. The van der Waals surface area contributed by atoms with Gasteiger partial charge in [0, 0.05) is 11.6 Å². The summed E-state index contributed by atoms with van der Waals surface area (Å²) in [5, 5.41) is 2.24. The van der Waals surface area contributed by atoms with E-state index in [4.69, 9.17) is 16.3 Å². The summed E-state index contributed by atoms with van der Waals surface area (Å²) in [6.45, 7) is 3.73. The number of anilines is 1. The van der Waals surface area contributed by atoms with E-state index in [1.807, 2.05) is 13.8 Å². The van der Waals surface area contributed by atoms with Gasteiger partial charge in [-0.25, -0.2) is 13.4 Å². The number of nitrogens with zero attached hydrogens (tertiary/aromatic N) is 1. The molecule has 5 nitrogen and oxygen atoms in total. The van der Waals surface area contributed by atoms with Crippen LogP contribution in [-0.4, -0.2) is 19.5 Å². The van der Waals surface area contributed by atoms with Crippen molar-refractivity contribution in [2.75, 3.05) is 4.72 Å². The van der Waals surface area contributed by atoms with Crippen LogP contribution >= 0.6 is 22.9 Å². The third-order valence-corrected chi connectivity index (χ3v) is 4.68. The average Bonchev–Trinajstić information content (AvgIpc) is 2.83. The molecule has 2 rings (SSSR count). The smallest absolute Gasteiger partial charge is 0.263 e. The minimum atomic E-state index is -3.69. The van der Waals surface area contributed by atoms with Crippen molar-refractivity contribution in [1.82, 2.24) is 4.98 Å². The fraction of sp³-hybridized carbons (Fsp3) is 0.250. The second-order valence-corrected chi connectivity index (χ2v) is 7.19. The molecule has 0 aliphatic heterocycles. The van der Waals surface area contributed by atoms with E-state index in [1.165, 1.54) is 29.7 Å². The Morgan fingerprint density at radius 2 is 2.15 bits per heavy atom. The number of aromatic nitrogens is 1. The van der Waals surface area contributed by atoms with Gasteiger partial charge >= 0.3 is 0 Å². The molecule has 2 aromatic rings. The first kappa shape index (κ1) is 15.1. The van der Waals surface area contributed by atoms with Crippen LogP contribution in [0.5, 0.6) is 5.75 Å². The van der Waals surface area contributed by atoms with Crippen molar-refractivity contribution in [2.45, 2.75) is 24.8 Å². The van der Waals surface area contributed by atoms with Gasteiger partial charge in [0.2, 0.25) is 0 Å². The van der Waals surface area contributed by atoms with Crippen LogP contribution in [0.15, 0.2) is 34.7 Å². The van der Waals surface area contributed by atoms with Crippen molar-refractivity contribution in [3.8, 4) is 5.75 Å². The summed E-state index contributed by atoms with van der Waals surface area (Å²) in [4.78, 5) is 3.94. The van der Waals surface area contributed by atoms with E-state index in [0.29, 0.717) is 10.9 Å². The second-order valence-electron chi connectivity index (χ2n) is 4.20. The molecule has 0 atom stereocenters. The van der Waals surface area contributed by atoms with Crippen LogP contribution in [0.3, 0.4) is 0 Å². The third kappa shape index (κ3) is 3.62. The fourth-order valence-electron chi connectivity index (χ4n) is 1.45. The molecule has 0 radical (unpaired) electrons. The molecule has 1 aromatic carbocycles. The molecule has 0 spiro atoms. The largest absolute Gasteiger partial charge is 0.489 e. The van der Waals surface area contributed by atoms with Gasteiger partial charge in [-0.1, -0.05) is 11.6 Å². The van der Waals surface area contributed by atoms with Crippen LogP contribution in [-0.2, 0) is 10.0 Å². The van der Waals surface area contributed by atoms with E-state index in [-0.39, 0.29) is 16.0 Å². The first-order valence-electron chi connectivity index (χ1n) is 5.77. The predicted octanol–water partition coefficient (Wildman–Crippen LogP) is 3.38. The molecule has 8 heteroatoms. The Bertz CT molecular complexity index is 685. The van der Waals surface area contributed by atoms with Gasteiger partial charge in [-0.3, -0.25) is 4.72 Å². The lowest BCUT2D eigenvalue weighted by Crippen LogP contribution is -2.13. The number of sulfonamides is 1. The normalized spacial score (nSPS) is 11.6. The molecule has 0 saturated heterocycles. The summed E-state index contributed by atoms with van der Waals surface area (Å²) < 4.78 is 32.1. The molecule has 1 heterocycles. The number of ether oxygens (including phenoxy) is 1. The monoisotopic (exact) mass is 332 g/mol. The van der Waals surface area contributed by atoms with E-state index >= 15 is 0 Å². The van der Waals surface area contributed by atoms with Gasteiger partial charge in [0.1, 0.15) is 5.75 Å². The standard InChI is InChI=1S/C12H13ClN2O3S2/c1-8(2)18-11-4-3-9(7-10(11)13)20(16,17)15-12-14-5-6-19-12/h3-8H,1-2H3,(H,14,15). The molecule has 1 N–H and O–H groups in total. The van der Waals surface area contributed by atoms with Gasteiger partial charge in [-0.15, -0.1) is 11.3 Å². The lowest BCUT2D eigenvalue weighted by atomic mass is 10.3. The molecule has 108 valence electrons.